The molecule has 2 amide bonds. The van der Waals surface area contributed by atoms with Gasteiger partial charge in [-0.3, -0.25) is 19.0 Å². The van der Waals surface area contributed by atoms with Gasteiger partial charge in [-0.1, -0.05) is 17.7 Å². The van der Waals surface area contributed by atoms with Crippen LogP contribution in [0.15, 0.2) is 42.9 Å². The monoisotopic (exact) mass is 462 g/mol. The van der Waals surface area contributed by atoms with Crippen molar-refractivity contribution in [2.75, 3.05) is 10.6 Å². The fraction of sp³-hybridized carbons (Fsp3) is 0.261. The summed E-state index contributed by atoms with van der Waals surface area (Å²) in [6.07, 6.45) is 4.64. The molecule has 4 rings (SSSR count). The van der Waals surface area contributed by atoms with E-state index in [1.54, 1.807) is 37.2 Å². The summed E-state index contributed by atoms with van der Waals surface area (Å²) in [6.45, 7) is 5.99. The molecule has 11 heteroatoms. The molecule has 0 saturated carbocycles. The zero-order valence-corrected chi connectivity index (χ0v) is 19.7. The predicted octanol–water partition coefficient (Wildman–Crippen LogP) is 2.82. The Labute approximate surface area is 196 Å². The highest BCUT2D eigenvalue weighted by atomic mass is 16.5. The molecular formula is C23H26N8O3. The van der Waals surface area contributed by atoms with Crippen LogP contribution < -0.4 is 15.4 Å². The Hall–Kier alpha value is -4.41. The topological polar surface area (TPSA) is 121 Å². The van der Waals surface area contributed by atoms with Crippen molar-refractivity contribution in [1.29, 1.82) is 0 Å². The molecular weight excluding hydrogens is 436 g/mol. The number of benzene rings is 1. The first-order chi connectivity index (χ1) is 16.2. The predicted molar refractivity (Wildman–Crippen MR) is 126 cm³/mol. The zero-order chi connectivity index (χ0) is 24.4. The smallest absolute Gasteiger partial charge is 0.276 e. The number of nitrogens with zero attached hydrogens (tertiary/aromatic N) is 6. The number of nitrogens with one attached hydrogen (secondary N) is 2. The van der Waals surface area contributed by atoms with Crippen molar-refractivity contribution in [3.05, 3.63) is 71.1 Å². The van der Waals surface area contributed by atoms with Gasteiger partial charge in [-0.05, 0) is 38.5 Å². The first kappa shape index (κ1) is 22.8. The van der Waals surface area contributed by atoms with Gasteiger partial charge in [-0.15, -0.1) is 0 Å². The molecule has 34 heavy (non-hydrogen) atoms. The molecule has 0 atom stereocenters. The van der Waals surface area contributed by atoms with E-state index in [4.69, 9.17) is 4.74 Å². The highest BCUT2D eigenvalue weighted by Gasteiger charge is 2.21. The molecule has 0 saturated heterocycles. The molecule has 4 aromatic rings. The molecule has 3 aromatic heterocycles. The van der Waals surface area contributed by atoms with Crippen LogP contribution in [0, 0.1) is 20.8 Å². The van der Waals surface area contributed by atoms with E-state index in [9.17, 15) is 9.59 Å². The van der Waals surface area contributed by atoms with Crippen molar-refractivity contribution >= 4 is 23.2 Å². The fourth-order valence-electron chi connectivity index (χ4n) is 3.44. The normalized spacial score (nSPS) is 10.9. The van der Waals surface area contributed by atoms with Crippen LogP contribution in [0.1, 0.15) is 37.8 Å². The van der Waals surface area contributed by atoms with Crippen LogP contribution in [0.4, 0.5) is 11.4 Å². The van der Waals surface area contributed by atoms with E-state index in [1.165, 1.54) is 15.6 Å². The lowest BCUT2D eigenvalue weighted by Gasteiger charge is -2.10. The Morgan fingerprint density at radius 3 is 2.35 bits per heavy atom. The highest BCUT2D eigenvalue weighted by molar-refractivity contribution is 6.11. The van der Waals surface area contributed by atoms with Gasteiger partial charge in [-0.25, -0.2) is 4.68 Å². The number of ether oxygens (including phenoxy) is 1. The van der Waals surface area contributed by atoms with Crippen molar-refractivity contribution in [3.8, 4) is 5.75 Å². The summed E-state index contributed by atoms with van der Waals surface area (Å²) in [4.78, 5) is 25.7. The summed E-state index contributed by atoms with van der Waals surface area (Å²) in [5, 5.41) is 18.0. The minimum absolute atomic E-state index is 0.155. The molecule has 0 aliphatic heterocycles. The Bertz CT molecular complexity index is 1360. The molecule has 0 fully saturated rings. The largest absolute Gasteiger partial charge is 0.471 e. The summed E-state index contributed by atoms with van der Waals surface area (Å²) in [6, 6.07) is 7.50. The number of rotatable bonds is 7. The lowest BCUT2D eigenvalue weighted by molar-refractivity contribution is 0.101. The Morgan fingerprint density at radius 1 is 0.941 bits per heavy atom. The van der Waals surface area contributed by atoms with E-state index < -0.39 is 11.8 Å². The van der Waals surface area contributed by atoms with E-state index in [2.05, 4.69) is 25.9 Å². The molecule has 3 heterocycles. The lowest BCUT2D eigenvalue weighted by atomic mass is 10.1. The average molecular weight is 463 g/mol. The highest BCUT2D eigenvalue weighted by Crippen LogP contribution is 2.20. The molecule has 176 valence electrons. The first-order valence-corrected chi connectivity index (χ1v) is 10.6. The molecule has 2 N–H and O–H groups in total. The third-order valence-electron chi connectivity index (χ3n) is 5.44. The second-order valence-electron chi connectivity index (χ2n) is 7.99. The number of anilines is 2. The third kappa shape index (κ3) is 4.68. The molecule has 0 radical (unpaired) electrons. The number of aromatic nitrogens is 6. The Morgan fingerprint density at radius 2 is 1.65 bits per heavy atom. The van der Waals surface area contributed by atoms with Gasteiger partial charge in [0.05, 0.1) is 29.5 Å². The van der Waals surface area contributed by atoms with E-state index in [0.29, 0.717) is 5.69 Å². The van der Waals surface area contributed by atoms with Gasteiger partial charge in [0.15, 0.2) is 12.4 Å². The van der Waals surface area contributed by atoms with Crippen molar-refractivity contribution in [2.24, 2.45) is 14.1 Å². The molecule has 0 spiro atoms. The van der Waals surface area contributed by atoms with E-state index >= 15 is 0 Å². The van der Waals surface area contributed by atoms with Crippen LogP contribution in [-0.2, 0) is 20.8 Å². The van der Waals surface area contributed by atoms with Crippen LogP contribution in [0.5, 0.6) is 5.75 Å². The molecule has 0 aliphatic rings. The molecule has 0 bridgehead atoms. The van der Waals surface area contributed by atoms with Crippen LogP contribution in [0.25, 0.3) is 0 Å². The van der Waals surface area contributed by atoms with Gasteiger partial charge < -0.3 is 15.4 Å². The number of aryl methyl sites for hydroxylation is 4. The third-order valence-corrected chi connectivity index (χ3v) is 5.44. The van der Waals surface area contributed by atoms with Crippen LogP contribution in [0.3, 0.4) is 0 Å². The first-order valence-electron chi connectivity index (χ1n) is 10.6. The van der Waals surface area contributed by atoms with Crippen LogP contribution in [0.2, 0.25) is 0 Å². The fourth-order valence-corrected chi connectivity index (χ4v) is 3.44. The maximum Gasteiger partial charge on any atom is 0.276 e. The van der Waals surface area contributed by atoms with E-state index in [1.807, 2.05) is 39.0 Å². The average Bonchev–Trinajstić information content (AvgIpc) is 3.49. The quantitative estimate of drug-likeness (QED) is 0.436. The van der Waals surface area contributed by atoms with Crippen molar-refractivity contribution < 1.29 is 14.3 Å². The van der Waals surface area contributed by atoms with Gasteiger partial charge in [0, 0.05) is 20.3 Å². The number of hydrogen-bond acceptors (Lipinski definition) is 6. The van der Waals surface area contributed by atoms with Crippen molar-refractivity contribution in [1.82, 2.24) is 29.3 Å². The van der Waals surface area contributed by atoms with Gasteiger partial charge >= 0.3 is 0 Å². The second kappa shape index (κ2) is 9.22. The van der Waals surface area contributed by atoms with Gasteiger partial charge in [0.1, 0.15) is 11.4 Å². The van der Waals surface area contributed by atoms with E-state index in [-0.39, 0.29) is 23.8 Å². The van der Waals surface area contributed by atoms with Crippen LogP contribution in [-0.4, -0.2) is 41.2 Å². The SMILES string of the molecule is Cc1ccc(OCn2ccc(C(=O)Nc3cnn(C)c3C(=O)Nc3cnn(C)c3C)n2)c(C)c1. The lowest BCUT2D eigenvalue weighted by Crippen LogP contribution is -2.21. The Kier molecular flexibility index (Phi) is 6.17. The van der Waals surface area contributed by atoms with E-state index in [0.717, 1.165) is 22.6 Å². The minimum Gasteiger partial charge on any atom is -0.471 e. The van der Waals surface area contributed by atoms with Gasteiger partial charge in [-0.2, -0.15) is 15.3 Å². The summed E-state index contributed by atoms with van der Waals surface area (Å²) in [5.74, 6) is -0.134. The number of carbonyl (C=O) groups excluding carboxylic acids is 2. The second-order valence-corrected chi connectivity index (χ2v) is 7.99. The molecule has 11 nitrogen and oxygen atoms in total. The molecule has 0 unspecified atom stereocenters. The van der Waals surface area contributed by atoms with Crippen LogP contribution >= 0.6 is 0 Å². The summed E-state index contributed by atoms with van der Waals surface area (Å²) >= 11 is 0. The maximum absolute atomic E-state index is 12.9. The summed E-state index contributed by atoms with van der Waals surface area (Å²) < 4.78 is 10.4. The number of hydrogen-bond donors (Lipinski definition) is 2. The number of amides is 2. The Balaban J connectivity index is 1.43. The maximum atomic E-state index is 12.9. The zero-order valence-electron chi connectivity index (χ0n) is 19.7. The van der Waals surface area contributed by atoms with Gasteiger partial charge in [0.2, 0.25) is 0 Å². The number of carbonyl (C=O) groups is 2. The van der Waals surface area contributed by atoms with Crippen molar-refractivity contribution in [3.63, 3.8) is 0 Å². The molecule has 0 aliphatic carbocycles. The minimum atomic E-state index is -0.468. The van der Waals surface area contributed by atoms with Gasteiger partial charge in [0.25, 0.3) is 11.8 Å². The standard InChI is InChI=1S/C23H26N8O3/c1-14-6-7-20(15(2)10-14)34-13-31-9-8-17(28-31)22(32)27-19-12-25-30(5)21(19)23(33)26-18-11-24-29(4)16(18)3/h6-12H,13H2,1-5H3,(H,26,33)(H,27,32). The van der Waals surface area contributed by atoms with Crippen molar-refractivity contribution in [2.45, 2.75) is 27.5 Å². The molecule has 1 aromatic carbocycles. The summed E-state index contributed by atoms with van der Waals surface area (Å²) in [5.41, 5.74) is 4.21. The summed E-state index contributed by atoms with van der Waals surface area (Å²) in [7, 11) is 3.41.